The number of hydrogen-bond donors (Lipinski definition) is 0. The van der Waals surface area contributed by atoms with Crippen LogP contribution in [0.1, 0.15) is 33.1 Å². The largest absolute Gasteiger partial charge is 0.211 e. The van der Waals surface area contributed by atoms with Crippen molar-refractivity contribution in [1.82, 2.24) is 0 Å². The molecule has 0 aliphatic heterocycles. The van der Waals surface area contributed by atoms with Gasteiger partial charge in [0.15, 0.2) is 0 Å². The highest BCUT2D eigenvalue weighted by Crippen LogP contribution is 2.28. The van der Waals surface area contributed by atoms with Gasteiger partial charge in [0.05, 0.1) is 0 Å². The Labute approximate surface area is 67.8 Å². The highest BCUT2D eigenvalue weighted by atomic mass is 19.1. The van der Waals surface area contributed by atoms with Crippen molar-refractivity contribution in [3.05, 3.63) is 23.6 Å². The van der Waals surface area contributed by atoms with Crippen LogP contribution in [-0.2, 0) is 0 Å². The Morgan fingerprint density at radius 3 is 3.00 bits per heavy atom. The second-order valence-corrected chi connectivity index (χ2v) is 3.16. The zero-order valence-corrected chi connectivity index (χ0v) is 7.23. The quantitative estimate of drug-likeness (QED) is 0.570. The van der Waals surface area contributed by atoms with Crippen molar-refractivity contribution < 1.29 is 4.39 Å². The molecule has 0 heterocycles. The van der Waals surface area contributed by atoms with Crippen LogP contribution in [0.2, 0.25) is 0 Å². The van der Waals surface area contributed by atoms with Gasteiger partial charge in [-0.3, -0.25) is 0 Å². The summed E-state index contributed by atoms with van der Waals surface area (Å²) in [6.45, 7) is 4.02. The van der Waals surface area contributed by atoms with E-state index in [1.54, 1.807) is 0 Å². The molecule has 0 bridgehead atoms. The van der Waals surface area contributed by atoms with Crippen molar-refractivity contribution in [2.45, 2.75) is 33.1 Å². The van der Waals surface area contributed by atoms with Gasteiger partial charge in [-0.05, 0) is 18.4 Å². The lowest BCUT2D eigenvalue weighted by atomic mass is 9.94. The van der Waals surface area contributed by atoms with Gasteiger partial charge in [-0.25, -0.2) is 4.39 Å². The molecule has 0 fully saturated rings. The summed E-state index contributed by atoms with van der Waals surface area (Å²) in [4.78, 5) is 0. The molecule has 0 aromatic rings. The second kappa shape index (κ2) is 3.70. The monoisotopic (exact) mass is 154 g/mol. The predicted molar refractivity (Wildman–Crippen MR) is 46.0 cm³/mol. The smallest absolute Gasteiger partial charge is 0.106 e. The molecular formula is C10H15F. The van der Waals surface area contributed by atoms with E-state index in [1.807, 2.05) is 13.0 Å². The van der Waals surface area contributed by atoms with E-state index >= 15 is 0 Å². The molecule has 1 unspecified atom stereocenters. The normalized spacial score (nSPS) is 24.5. The minimum Gasteiger partial charge on any atom is -0.211 e. The lowest BCUT2D eigenvalue weighted by Crippen LogP contribution is -2.01. The minimum absolute atomic E-state index is 0.106. The van der Waals surface area contributed by atoms with Crippen molar-refractivity contribution in [3.63, 3.8) is 0 Å². The summed E-state index contributed by atoms with van der Waals surface area (Å²) in [6, 6.07) is 0. The van der Waals surface area contributed by atoms with Gasteiger partial charge >= 0.3 is 0 Å². The van der Waals surface area contributed by atoms with Gasteiger partial charge in [0.25, 0.3) is 0 Å². The average Bonchev–Trinajstić information content (AvgIpc) is 1.99. The number of rotatable bonds is 2. The first kappa shape index (κ1) is 8.51. The Kier molecular flexibility index (Phi) is 2.86. The van der Waals surface area contributed by atoms with Gasteiger partial charge in [0.2, 0.25) is 0 Å². The summed E-state index contributed by atoms with van der Waals surface area (Å²) in [7, 11) is 0. The second-order valence-electron chi connectivity index (χ2n) is 3.16. The molecule has 0 nitrogen and oxygen atoms in total. The molecule has 0 radical (unpaired) electrons. The van der Waals surface area contributed by atoms with Gasteiger partial charge in [-0.1, -0.05) is 32.4 Å². The average molecular weight is 154 g/mol. The van der Waals surface area contributed by atoms with Crippen LogP contribution < -0.4 is 0 Å². The number of halogens is 1. The Balaban J connectivity index is 2.72. The molecule has 0 saturated heterocycles. The Morgan fingerprint density at radius 2 is 2.36 bits per heavy atom. The third-order valence-electron chi connectivity index (χ3n) is 2.07. The fourth-order valence-electron chi connectivity index (χ4n) is 1.39. The fraction of sp³-hybridized carbons (Fsp3) is 0.600. The van der Waals surface area contributed by atoms with Gasteiger partial charge in [0, 0.05) is 5.92 Å². The molecule has 1 atom stereocenters. The van der Waals surface area contributed by atoms with Crippen molar-refractivity contribution in [2.75, 3.05) is 0 Å². The predicted octanol–water partition coefficient (Wildman–Crippen LogP) is 3.61. The Bertz CT molecular complexity index is 189. The molecule has 0 amide bonds. The van der Waals surface area contributed by atoms with E-state index in [0.717, 1.165) is 24.8 Å². The van der Waals surface area contributed by atoms with Crippen molar-refractivity contribution in [3.8, 4) is 0 Å². The topological polar surface area (TPSA) is 0 Å². The molecule has 11 heavy (non-hydrogen) atoms. The first-order valence-corrected chi connectivity index (χ1v) is 4.30. The highest BCUT2D eigenvalue weighted by Gasteiger charge is 2.14. The fourth-order valence-corrected chi connectivity index (χ4v) is 1.39. The molecule has 1 aliphatic carbocycles. The van der Waals surface area contributed by atoms with Crippen LogP contribution in [0.3, 0.4) is 0 Å². The van der Waals surface area contributed by atoms with E-state index in [9.17, 15) is 4.39 Å². The summed E-state index contributed by atoms with van der Waals surface area (Å²) in [5.41, 5.74) is 0.909. The van der Waals surface area contributed by atoms with Crippen LogP contribution in [0.4, 0.5) is 4.39 Å². The molecule has 1 heteroatoms. The number of allylic oxidation sites excluding steroid dienone is 4. The van der Waals surface area contributed by atoms with E-state index in [-0.39, 0.29) is 11.7 Å². The van der Waals surface area contributed by atoms with Crippen molar-refractivity contribution in [1.29, 1.82) is 0 Å². The van der Waals surface area contributed by atoms with Crippen LogP contribution in [0, 0.1) is 5.92 Å². The zero-order chi connectivity index (χ0) is 8.27. The lowest BCUT2D eigenvalue weighted by molar-refractivity contribution is 0.478. The highest BCUT2D eigenvalue weighted by molar-refractivity contribution is 5.27. The third kappa shape index (κ3) is 1.92. The van der Waals surface area contributed by atoms with E-state index in [1.165, 1.54) is 0 Å². The minimum atomic E-state index is 0.106. The SMILES string of the molecule is CCCC1=C(F)C(C)CC=C1. The van der Waals surface area contributed by atoms with E-state index in [0.29, 0.717) is 0 Å². The maximum absolute atomic E-state index is 13.3. The van der Waals surface area contributed by atoms with Gasteiger partial charge in [-0.15, -0.1) is 0 Å². The van der Waals surface area contributed by atoms with Crippen molar-refractivity contribution in [2.24, 2.45) is 5.92 Å². The van der Waals surface area contributed by atoms with Crippen LogP contribution in [0.25, 0.3) is 0 Å². The summed E-state index contributed by atoms with van der Waals surface area (Å²) in [5, 5.41) is 0. The first-order chi connectivity index (χ1) is 5.25. The Hall–Kier alpha value is -0.590. The molecule has 0 saturated carbocycles. The first-order valence-electron chi connectivity index (χ1n) is 4.30. The van der Waals surface area contributed by atoms with Gasteiger partial charge in [0.1, 0.15) is 5.83 Å². The molecule has 0 aromatic carbocycles. The molecule has 0 spiro atoms. The summed E-state index contributed by atoms with van der Waals surface area (Å²) in [5.74, 6) is 0.218. The van der Waals surface area contributed by atoms with E-state index in [4.69, 9.17) is 0 Å². The maximum atomic E-state index is 13.3. The summed E-state index contributed by atoms with van der Waals surface area (Å²) >= 11 is 0. The molecule has 0 N–H and O–H groups in total. The standard InChI is InChI=1S/C10H15F/c1-3-5-9-7-4-6-8(2)10(9)11/h4,7-8H,3,5-6H2,1-2H3. The Morgan fingerprint density at radius 1 is 1.64 bits per heavy atom. The molecule has 62 valence electrons. The van der Waals surface area contributed by atoms with Gasteiger partial charge in [-0.2, -0.15) is 0 Å². The lowest BCUT2D eigenvalue weighted by Gasteiger charge is -2.14. The van der Waals surface area contributed by atoms with Crippen LogP contribution in [0.5, 0.6) is 0 Å². The van der Waals surface area contributed by atoms with Crippen LogP contribution >= 0.6 is 0 Å². The van der Waals surface area contributed by atoms with E-state index < -0.39 is 0 Å². The van der Waals surface area contributed by atoms with Crippen LogP contribution in [-0.4, -0.2) is 0 Å². The van der Waals surface area contributed by atoms with Crippen molar-refractivity contribution >= 4 is 0 Å². The summed E-state index contributed by atoms with van der Waals surface area (Å²) in [6.07, 6.45) is 6.77. The third-order valence-corrected chi connectivity index (χ3v) is 2.07. The summed E-state index contributed by atoms with van der Waals surface area (Å²) < 4.78 is 13.3. The van der Waals surface area contributed by atoms with Crippen LogP contribution in [0.15, 0.2) is 23.6 Å². The molecule has 1 aliphatic rings. The van der Waals surface area contributed by atoms with Gasteiger partial charge < -0.3 is 0 Å². The molecule has 0 aromatic heterocycles. The number of hydrogen-bond acceptors (Lipinski definition) is 0. The zero-order valence-electron chi connectivity index (χ0n) is 7.23. The van der Waals surface area contributed by atoms with E-state index in [2.05, 4.69) is 13.0 Å². The molecular weight excluding hydrogens is 139 g/mol. The maximum Gasteiger partial charge on any atom is 0.106 e. The molecule has 1 rings (SSSR count).